The fourth-order valence-corrected chi connectivity index (χ4v) is 6.42. The Morgan fingerprint density at radius 1 is 1.24 bits per heavy atom. The molecule has 0 bridgehead atoms. The molecule has 4 heterocycles. The van der Waals surface area contributed by atoms with Gasteiger partial charge in [0.15, 0.2) is 0 Å². The second-order valence-corrected chi connectivity index (χ2v) is 10.3. The Hall–Kier alpha value is -3.34. The van der Waals surface area contributed by atoms with Crippen molar-refractivity contribution in [3.8, 4) is 22.5 Å². The van der Waals surface area contributed by atoms with Gasteiger partial charge in [-0.3, -0.25) is 13.7 Å². The molecule has 10 heteroatoms. The molecule has 0 radical (unpaired) electrons. The number of fused-ring (bicyclic) bond motifs is 2. The number of aryl methyl sites for hydroxylation is 1. The Morgan fingerprint density at radius 2 is 2.09 bits per heavy atom. The molecule has 1 aromatic carbocycles. The third-order valence-electron chi connectivity index (χ3n) is 5.51. The second kappa shape index (κ2) is 8.54. The van der Waals surface area contributed by atoms with Gasteiger partial charge in [0.2, 0.25) is 0 Å². The minimum absolute atomic E-state index is 0.132. The van der Waals surface area contributed by atoms with Crippen LogP contribution in [0.5, 0.6) is 0 Å². The number of anilines is 1. The van der Waals surface area contributed by atoms with Gasteiger partial charge < -0.3 is 15.5 Å². The van der Waals surface area contributed by atoms with Gasteiger partial charge in [-0.05, 0) is 35.7 Å². The van der Waals surface area contributed by atoms with Gasteiger partial charge in [0.05, 0.1) is 40.2 Å². The topological polar surface area (TPSA) is 116 Å². The van der Waals surface area contributed by atoms with Crippen LogP contribution in [0.2, 0.25) is 0 Å². The molecule has 0 saturated heterocycles. The number of aromatic nitrogens is 4. The lowest BCUT2D eigenvalue weighted by atomic mass is 10.0. The maximum Gasteiger partial charge on any atom is 0.255 e. The molecule has 1 unspecified atom stereocenters. The molecule has 168 valence electrons. The van der Waals surface area contributed by atoms with Crippen LogP contribution in [0.1, 0.15) is 0 Å². The van der Waals surface area contributed by atoms with Crippen LogP contribution in [0.25, 0.3) is 43.5 Å². The van der Waals surface area contributed by atoms with E-state index in [9.17, 15) is 9.00 Å². The molecule has 33 heavy (non-hydrogen) atoms. The van der Waals surface area contributed by atoms with Crippen LogP contribution in [-0.2, 0) is 22.6 Å². The largest absolute Gasteiger partial charge is 0.396 e. The maximum absolute atomic E-state index is 12.9. The predicted octanol–water partition coefficient (Wildman–Crippen LogP) is 3.54. The van der Waals surface area contributed by atoms with E-state index in [0.717, 1.165) is 33.3 Å². The van der Waals surface area contributed by atoms with Gasteiger partial charge in [-0.2, -0.15) is 5.10 Å². The van der Waals surface area contributed by atoms with Gasteiger partial charge in [-0.1, -0.05) is 6.07 Å². The van der Waals surface area contributed by atoms with Crippen LogP contribution in [0, 0.1) is 0 Å². The predicted molar refractivity (Wildman–Crippen MR) is 133 cm³/mol. The first-order valence-corrected chi connectivity index (χ1v) is 12.3. The number of thiophene rings is 1. The minimum Gasteiger partial charge on any atom is -0.396 e. The van der Waals surface area contributed by atoms with E-state index in [-0.39, 0.29) is 5.56 Å². The Balaban J connectivity index is 1.75. The van der Waals surface area contributed by atoms with Crippen molar-refractivity contribution >= 4 is 48.8 Å². The molecule has 0 aliphatic rings. The highest BCUT2D eigenvalue weighted by molar-refractivity contribution is 7.87. The fourth-order valence-electron chi connectivity index (χ4n) is 3.86. The SMILES string of the molecule is COCCS(=O)c1sc2nc(-c3ccc4c(=O)[nH]ccc4c3)cc(-c3ccnn3C)c2c1N. The van der Waals surface area contributed by atoms with Crippen molar-refractivity contribution in [3.05, 3.63) is 59.1 Å². The summed E-state index contributed by atoms with van der Waals surface area (Å²) in [6, 6.07) is 11.4. The zero-order chi connectivity index (χ0) is 23.1. The summed E-state index contributed by atoms with van der Waals surface area (Å²) in [6.45, 7) is 0.379. The number of hydrogen-bond donors (Lipinski definition) is 2. The number of nitrogens with two attached hydrogens (primary N) is 1. The molecular formula is C23H21N5O3S2. The quantitative estimate of drug-likeness (QED) is 0.385. The van der Waals surface area contributed by atoms with E-state index in [1.54, 1.807) is 30.3 Å². The van der Waals surface area contributed by atoms with Crippen LogP contribution in [0.3, 0.4) is 0 Å². The number of nitrogens with one attached hydrogen (secondary N) is 1. The fraction of sp³-hybridized carbons (Fsp3) is 0.174. The third-order valence-corrected chi connectivity index (χ3v) is 8.38. The first-order chi connectivity index (χ1) is 16.0. The lowest BCUT2D eigenvalue weighted by molar-refractivity contribution is 0.218. The maximum atomic E-state index is 12.9. The number of benzene rings is 1. The second-order valence-electron chi connectivity index (χ2n) is 7.53. The normalized spacial score (nSPS) is 12.5. The number of aromatic amines is 1. The van der Waals surface area contributed by atoms with Gasteiger partial charge >= 0.3 is 0 Å². The lowest BCUT2D eigenvalue weighted by Crippen LogP contribution is -2.04. The molecule has 1 atom stereocenters. The summed E-state index contributed by atoms with van der Waals surface area (Å²) in [5, 5.41) is 6.52. The molecule has 0 amide bonds. The van der Waals surface area contributed by atoms with Crippen molar-refractivity contribution < 1.29 is 8.95 Å². The standard InChI is InChI=1S/C23H21N5O3S2/c1-28-18(6-8-26-28)16-12-17(14-3-4-15-13(11-14)5-7-25-21(15)29)27-22-19(16)20(24)23(32-22)33(30)10-9-31-2/h3-8,11-12H,9-10,24H2,1-2H3,(H,25,29). The van der Waals surface area contributed by atoms with Gasteiger partial charge in [0.1, 0.15) is 9.04 Å². The summed E-state index contributed by atoms with van der Waals surface area (Å²) < 4.78 is 20.3. The Kier molecular flexibility index (Phi) is 5.57. The number of hydrogen-bond acceptors (Lipinski definition) is 7. The van der Waals surface area contributed by atoms with Crippen molar-refractivity contribution in [1.82, 2.24) is 19.7 Å². The van der Waals surface area contributed by atoms with Crippen molar-refractivity contribution in [1.29, 1.82) is 0 Å². The zero-order valence-electron chi connectivity index (χ0n) is 18.0. The number of ether oxygens (including phenoxy) is 1. The first kappa shape index (κ1) is 21.5. The Bertz CT molecular complexity index is 1580. The van der Waals surface area contributed by atoms with Crippen molar-refractivity contribution in [2.45, 2.75) is 4.21 Å². The average molecular weight is 480 g/mol. The van der Waals surface area contributed by atoms with Crippen LogP contribution in [0.4, 0.5) is 5.69 Å². The van der Waals surface area contributed by atoms with Crippen LogP contribution < -0.4 is 11.3 Å². The molecule has 5 rings (SSSR count). The molecule has 3 N–H and O–H groups in total. The van der Waals surface area contributed by atoms with E-state index in [1.807, 2.05) is 37.4 Å². The average Bonchev–Trinajstić information content (AvgIpc) is 3.40. The van der Waals surface area contributed by atoms with E-state index >= 15 is 0 Å². The van der Waals surface area contributed by atoms with Crippen LogP contribution >= 0.6 is 11.3 Å². The van der Waals surface area contributed by atoms with E-state index in [0.29, 0.717) is 32.5 Å². The van der Waals surface area contributed by atoms with Gasteiger partial charge in [-0.25, -0.2) is 4.98 Å². The highest BCUT2D eigenvalue weighted by Crippen LogP contribution is 2.42. The molecule has 0 aliphatic heterocycles. The third kappa shape index (κ3) is 3.75. The van der Waals surface area contributed by atoms with Gasteiger partial charge in [0, 0.05) is 48.5 Å². The highest BCUT2D eigenvalue weighted by Gasteiger charge is 2.22. The number of pyridine rings is 2. The number of rotatable bonds is 6. The lowest BCUT2D eigenvalue weighted by Gasteiger charge is -2.09. The summed E-state index contributed by atoms with van der Waals surface area (Å²) in [7, 11) is 2.15. The summed E-state index contributed by atoms with van der Waals surface area (Å²) in [4.78, 5) is 20.4. The Morgan fingerprint density at radius 3 is 2.85 bits per heavy atom. The van der Waals surface area contributed by atoms with E-state index in [1.165, 1.54) is 11.3 Å². The molecule has 4 aromatic heterocycles. The molecule has 0 spiro atoms. The van der Waals surface area contributed by atoms with Crippen LogP contribution in [0.15, 0.2) is 57.8 Å². The molecule has 5 aromatic rings. The summed E-state index contributed by atoms with van der Waals surface area (Å²) >= 11 is 1.34. The van der Waals surface area contributed by atoms with Crippen LogP contribution in [-0.4, -0.2) is 43.4 Å². The van der Waals surface area contributed by atoms with Crippen molar-refractivity contribution in [2.75, 3.05) is 25.2 Å². The number of nitrogen functional groups attached to an aromatic ring is 1. The minimum atomic E-state index is -1.29. The number of H-pyrrole nitrogens is 1. The summed E-state index contributed by atoms with van der Waals surface area (Å²) in [6.07, 6.45) is 3.36. The van der Waals surface area contributed by atoms with E-state index in [4.69, 9.17) is 15.5 Å². The molecule has 8 nitrogen and oxygen atoms in total. The van der Waals surface area contributed by atoms with E-state index < -0.39 is 10.8 Å². The molecular weight excluding hydrogens is 458 g/mol. The van der Waals surface area contributed by atoms with Crippen molar-refractivity contribution in [3.63, 3.8) is 0 Å². The summed E-state index contributed by atoms with van der Waals surface area (Å²) in [5.74, 6) is 0.362. The first-order valence-electron chi connectivity index (χ1n) is 10.2. The van der Waals surface area contributed by atoms with Crippen molar-refractivity contribution in [2.24, 2.45) is 7.05 Å². The Labute approximate surface area is 195 Å². The number of methoxy groups -OCH3 is 1. The molecule has 0 saturated carbocycles. The zero-order valence-corrected chi connectivity index (χ0v) is 19.6. The summed E-state index contributed by atoms with van der Waals surface area (Å²) in [5.41, 5.74) is 10.2. The van der Waals surface area contributed by atoms with E-state index in [2.05, 4.69) is 10.1 Å². The van der Waals surface area contributed by atoms with Gasteiger partial charge in [0.25, 0.3) is 5.56 Å². The van der Waals surface area contributed by atoms with Gasteiger partial charge in [-0.15, -0.1) is 11.3 Å². The smallest absolute Gasteiger partial charge is 0.255 e. The molecule has 0 fully saturated rings. The monoisotopic (exact) mass is 479 g/mol. The highest BCUT2D eigenvalue weighted by atomic mass is 32.2. The number of nitrogens with zero attached hydrogens (tertiary/aromatic N) is 3. The molecule has 0 aliphatic carbocycles.